The molecule has 3 aromatic rings. The first-order valence-corrected chi connectivity index (χ1v) is 10.8. The summed E-state index contributed by atoms with van der Waals surface area (Å²) in [5.74, 6) is -1.51. The number of rotatable bonds is 10. The van der Waals surface area contributed by atoms with Crippen molar-refractivity contribution < 1.29 is 28.6 Å². The van der Waals surface area contributed by atoms with E-state index in [4.69, 9.17) is 25.8 Å². The van der Waals surface area contributed by atoms with Gasteiger partial charge in [-0.05, 0) is 17.7 Å². The van der Waals surface area contributed by atoms with Gasteiger partial charge in [-0.25, -0.2) is 0 Å². The van der Waals surface area contributed by atoms with Crippen LogP contribution >= 0.6 is 11.6 Å². The third kappa shape index (κ3) is 7.41. The largest absolute Gasteiger partial charge is 0.481 e. The second kappa shape index (κ2) is 12.3. The number of nitrogens with zero attached hydrogens (tertiary/aromatic N) is 2. The Morgan fingerprint density at radius 2 is 1.57 bits per heavy atom. The molecule has 0 bridgehead atoms. The summed E-state index contributed by atoms with van der Waals surface area (Å²) < 4.78 is 15.2. The summed E-state index contributed by atoms with van der Waals surface area (Å²) >= 11 is 6.12. The Bertz CT molecular complexity index is 1170. The number of hydrogen-bond donors (Lipinski definition) is 2. The van der Waals surface area contributed by atoms with Crippen LogP contribution in [0.1, 0.15) is 28.4 Å². The SMILES string of the molecule is COc1cc(OC)nc(NC(=O)COC(=O)C[C@@H](NC(=O)c2ccccc2Cl)c2ccccc2)n1. The molecule has 0 spiro atoms. The van der Waals surface area contributed by atoms with Crippen LogP contribution in [0.25, 0.3) is 0 Å². The third-order valence-corrected chi connectivity index (χ3v) is 5.04. The molecule has 0 unspecified atom stereocenters. The van der Waals surface area contributed by atoms with Crippen molar-refractivity contribution in [3.63, 3.8) is 0 Å². The van der Waals surface area contributed by atoms with E-state index in [1.165, 1.54) is 20.3 Å². The first kappa shape index (κ1) is 25.4. The highest BCUT2D eigenvalue weighted by molar-refractivity contribution is 6.33. The normalized spacial score (nSPS) is 11.2. The fraction of sp³-hybridized carbons (Fsp3) is 0.208. The lowest BCUT2D eigenvalue weighted by molar-refractivity contribution is -0.147. The van der Waals surface area contributed by atoms with E-state index < -0.39 is 30.4 Å². The molecule has 1 heterocycles. The number of benzene rings is 2. The van der Waals surface area contributed by atoms with Crippen LogP contribution in [-0.2, 0) is 14.3 Å². The number of nitrogens with one attached hydrogen (secondary N) is 2. The fourth-order valence-electron chi connectivity index (χ4n) is 3.02. The van der Waals surface area contributed by atoms with Crippen molar-refractivity contribution in [1.82, 2.24) is 15.3 Å². The molecule has 0 aliphatic rings. The minimum absolute atomic E-state index is 0.0728. The lowest BCUT2D eigenvalue weighted by atomic mass is 10.0. The number of esters is 1. The van der Waals surface area contributed by atoms with Gasteiger partial charge in [-0.1, -0.05) is 54.1 Å². The predicted molar refractivity (Wildman–Crippen MR) is 127 cm³/mol. The van der Waals surface area contributed by atoms with Crippen LogP contribution in [0, 0.1) is 0 Å². The minimum Gasteiger partial charge on any atom is -0.481 e. The van der Waals surface area contributed by atoms with Crippen molar-refractivity contribution in [3.05, 3.63) is 76.8 Å². The second-order valence-electron chi connectivity index (χ2n) is 7.11. The number of aromatic nitrogens is 2. The van der Waals surface area contributed by atoms with Gasteiger partial charge in [0.15, 0.2) is 6.61 Å². The Labute approximate surface area is 206 Å². The minimum atomic E-state index is -0.707. The highest BCUT2D eigenvalue weighted by Gasteiger charge is 2.22. The first-order chi connectivity index (χ1) is 16.9. The maximum Gasteiger partial charge on any atom is 0.308 e. The molecule has 2 amide bonds. The molecule has 0 saturated heterocycles. The van der Waals surface area contributed by atoms with Gasteiger partial charge in [-0.3, -0.25) is 19.7 Å². The molecule has 11 heteroatoms. The molecule has 3 rings (SSSR count). The van der Waals surface area contributed by atoms with Gasteiger partial charge in [0.2, 0.25) is 17.7 Å². The Balaban J connectivity index is 1.62. The van der Waals surface area contributed by atoms with Crippen LogP contribution in [0.15, 0.2) is 60.7 Å². The van der Waals surface area contributed by atoms with Gasteiger partial charge < -0.3 is 19.5 Å². The Morgan fingerprint density at radius 1 is 0.943 bits per heavy atom. The van der Waals surface area contributed by atoms with Crippen molar-refractivity contribution in [1.29, 1.82) is 0 Å². The van der Waals surface area contributed by atoms with Gasteiger partial charge in [0.25, 0.3) is 11.8 Å². The van der Waals surface area contributed by atoms with E-state index in [-0.39, 0.29) is 34.7 Å². The van der Waals surface area contributed by atoms with Crippen LogP contribution in [0.2, 0.25) is 5.02 Å². The van der Waals surface area contributed by atoms with Gasteiger partial charge in [0.05, 0.1) is 43.3 Å². The van der Waals surface area contributed by atoms with Crippen LogP contribution in [0.3, 0.4) is 0 Å². The number of ether oxygens (including phenoxy) is 3. The van der Waals surface area contributed by atoms with E-state index in [1.807, 2.05) is 6.07 Å². The van der Waals surface area contributed by atoms with Crippen LogP contribution in [0.4, 0.5) is 5.95 Å². The van der Waals surface area contributed by atoms with Crippen molar-refractivity contribution in [2.45, 2.75) is 12.5 Å². The molecule has 35 heavy (non-hydrogen) atoms. The summed E-state index contributed by atoms with van der Waals surface area (Å²) in [6.07, 6.45) is -0.211. The van der Waals surface area contributed by atoms with Gasteiger partial charge in [0, 0.05) is 0 Å². The predicted octanol–water partition coefficient (Wildman–Crippen LogP) is 3.19. The zero-order valence-electron chi connectivity index (χ0n) is 19.0. The Kier molecular flexibility index (Phi) is 8.96. The van der Waals surface area contributed by atoms with E-state index in [9.17, 15) is 14.4 Å². The standard InChI is InChI=1S/C24H23ClN4O6/c1-33-20-13-21(34-2)29-24(28-20)27-19(30)14-35-22(31)12-18(15-8-4-3-5-9-15)26-23(32)16-10-6-7-11-17(16)25/h3-11,13,18H,12,14H2,1-2H3,(H,26,32)(H,27,28,29,30)/t18-/m1/s1. The summed E-state index contributed by atoms with van der Waals surface area (Å²) in [5, 5.41) is 5.50. The van der Waals surface area contributed by atoms with E-state index in [0.717, 1.165) is 0 Å². The molecular weight excluding hydrogens is 476 g/mol. The highest BCUT2D eigenvalue weighted by atomic mass is 35.5. The lowest BCUT2D eigenvalue weighted by Crippen LogP contribution is -2.31. The third-order valence-electron chi connectivity index (χ3n) is 4.71. The van der Waals surface area contributed by atoms with Gasteiger partial charge in [-0.15, -0.1) is 0 Å². The lowest BCUT2D eigenvalue weighted by Gasteiger charge is -2.19. The molecule has 10 nitrogen and oxygen atoms in total. The number of halogens is 1. The molecule has 0 fully saturated rings. The second-order valence-corrected chi connectivity index (χ2v) is 7.51. The van der Waals surface area contributed by atoms with Gasteiger partial charge >= 0.3 is 5.97 Å². The maximum atomic E-state index is 12.8. The number of methoxy groups -OCH3 is 2. The van der Waals surface area contributed by atoms with Crippen LogP contribution < -0.4 is 20.1 Å². The van der Waals surface area contributed by atoms with Crippen molar-refractivity contribution in [2.24, 2.45) is 0 Å². The summed E-state index contributed by atoms with van der Waals surface area (Å²) in [4.78, 5) is 45.5. The van der Waals surface area contributed by atoms with Gasteiger partial charge in [-0.2, -0.15) is 9.97 Å². The van der Waals surface area contributed by atoms with Crippen LogP contribution in [-0.4, -0.2) is 48.6 Å². The molecule has 0 aliphatic carbocycles. The summed E-state index contributed by atoms with van der Waals surface area (Å²) in [6.45, 7) is -0.582. The number of carbonyl (C=O) groups excluding carboxylic acids is 3. The number of amides is 2. The maximum absolute atomic E-state index is 12.8. The Morgan fingerprint density at radius 3 is 2.20 bits per heavy atom. The highest BCUT2D eigenvalue weighted by Crippen LogP contribution is 2.21. The van der Waals surface area contributed by atoms with E-state index >= 15 is 0 Å². The van der Waals surface area contributed by atoms with Crippen molar-refractivity contribution >= 4 is 35.3 Å². The van der Waals surface area contributed by atoms with Crippen molar-refractivity contribution in [2.75, 3.05) is 26.1 Å². The molecule has 0 saturated carbocycles. The van der Waals surface area contributed by atoms with Crippen LogP contribution in [0.5, 0.6) is 11.8 Å². The van der Waals surface area contributed by atoms with E-state index in [1.54, 1.807) is 48.5 Å². The van der Waals surface area contributed by atoms with E-state index in [0.29, 0.717) is 5.56 Å². The molecular formula is C24H23ClN4O6. The molecule has 182 valence electrons. The Hall–Kier alpha value is -4.18. The number of hydrogen-bond acceptors (Lipinski definition) is 8. The molecule has 2 aromatic carbocycles. The summed E-state index contributed by atoms with van der Waals surface area (Å²) in [5.41, 5.74) is 0.961. The number of carbonyl (C=O) groups is 3. The summed E-state index contributed by atoms with van der Waals surface area (Å²) in [6, 6.07) is 16.2. The first-order valence-electron chi connectivity index (χ1n) is 10.4. The monoisotopic (exact) mass is 498 g/mol. The zero-order chi connectivity index (χ0) is 25.2. The molecule has 2 N–H and O–H groups in total. The molecule has 1 aromatic heterocycles. The zero-order valence-corrected chi connectivity index (χ0v) is 19.7. The topological polar surface area (TPSA) is 129 Å². The van der Waals surface area contributed by atoms with Crippen molar-refractivity contribution in [3.8, 4) is 11.8 Å². The molecule has 0 aliphatic heterocycles. The van der Waals surface area contributed by atoms with Gasteiger partial charge in [0.1, 0.15) is 0 Å². The quantitative estimate of drug-likeness (QED) is 0.408. The summed E-state index contributed by atoms with van der Waals surface area (Å²) in [7, 11) is 2.81. The smallest absolute Gasteiger partial charge is 0.308 e. The average Bonchev–Trinajstić information content (AvgIpc) is 2.87. The molecule has 0 radical (unpaired) electrons. The fourth-order valence-corrected chi connectivity index (χ4v) is 3.24. The molecule has 1 atom stereocenters. The van der Waals surface area contributed by atoms with E-state index in [2.05, 4.69) is 20.6 Å². The average molecular weight is 499 g/mol. The number of anilines is 1.